The molecule has 2 atom stereocenters. The fraction of sp³-hybridized carbons (Fsp3) is 1.00. The van der Waals surface area contributed by atoms with Crippen LogP contribution in [-0.2, 0) is 0 Å². The lowest BCUT2D eigenvalue weighted by Crippen LogP contribution is -2.48. The normalized spacial score (nSPS) is 29.2. The van der Waals surface area contributed by atoms with E-state index in [1.165, 1.54) is 19.3 Å². The highest BCUT2D eigenvalue weighted by molar-refractivity contribution is 4.98. The van der Waals surface area contributed by atoms with Gasteiger partial charge in [0.05, 0.1) is 0 Å². The van der Waals surface area contributed by atoms with Gasteiger partial charge in [-0.15, -0.1) is 0 Å². The molecule has 16 heavy (non-hydrogen) atoms. The minimum atomic E-state index is 0.320. The van der Waals surface area contributed by atoms with Crippen LogP contribution in [0.5, 0.6) is 0 Å². The third-order valence-electron chi connectivity index (χ3n) is 4.08. The van der Waals surface area contributed by atoms with Crippen molar-refractivity contribution in [3.05, 3.63) is 0 Å². The molecular formula is C13H29N3. The first-order chi connectivity index (χ1) is 7.34. The molecule has 0 aliphatic heterocycles. The number of hydrogen-bond acceptors (Lipinski definition) is 3. The molecule has 0 aromatic rings. The molecule has 1 aliphatic rings. The van der Waals surface area contributed by atoms with Crippen LogP contribution in [0.15, 0.2) is 0 Å². The molecule has 0 amide bonds. The smallest absolute Gasteiger partial charge is 0.0249 e. The molecule has 1 fully saturated rings. The molecule has 96 valence electrons. The number of likely N-dealkylation sites (N-methyl/N-ethyl adjacent to an activating group) is 1. The first-order valence-electron chi connectivity index (χ1n) is 6.45. The van der Waals surface area contributed by atoms with Gasteiger partial charge in [0.15, 0.2) is 0 Å². The Morgan fingerprint density at radius 3 is 2.25 bits per heavy atom. The largest absolute Gasteiger partial charge is 0.326 e. The second-order valence-corrected chi connectivity index (χ2v) is 6.26. The van der Waals surface area contributed by atoms with E-state index in [2.05, 4.69) is 44.8 Å². The van der Waals surface area contributed by atoms with E-state index >= 15 is 0 Å². The van der Waals surface area contributed by atoms with E-state index in [-0.39, 0.29) is 0 Å². The molecule has 2 N–H and O–H groups in total. The third-order valence-corrected chi connectivity index (χ3v) is 4.08. The summed E-state index contributed by atoms with van der Waals surface area (Å²) < 4.78 is 0. The van der Waals surface area contributed by atoms with E-state index in [0.29, 0.717) is 17.5 Å². The Morgan fingerprint density at radius 1 is 1.19 bits per heavy atom. The molecule has 1 aliphatic carbocycles. The van der Waals surface area contributed by atoms with Gasteiger partial charge in [-0.25, -0.2) is 0 Å². The van der Waals surface area contributed by atoms with Gasteiger partial charge in [-0.2, -0.15) is 0 Å². The summed E-state index contributed by atoms with van der Waals surface area (Å²) in [5.74, 6) is 0. The molecule has 0 bridgehead atoms. The standard InChI is InChI=1S/C13H29N3/c1-13(2)8-7-11(12(13)14)16(5)10-6-9-15(3)4/h11-12H,6-10,14H2,1-5H3. The van der Waals surface area contributed by atoms with Crippen molar-refractivity contribution in [1.29, 1.82) is 0 Å². The zero-order valence-corrected chi connectivity index (χ0v) is 11.7. The third kappa shape index (κ3) is 3.44. The molecule has 0 aromatic carbocycles. The Bertz CT molecular complexity index is 213. The summed E-state index contributed by atoms with van der Waals surface area (Å²) in [5, 5.41) is 0. The van der Waals surface area contributed by atoms with E-state index in [4.69, 9.17) is 5.73 Å². The summed E-state index contributed by atoms with van der Waals surface area (Å²) in [7, 11) is 6.48. The topological polar surface area (TPSA) is 32.5 Å². The van der Waals surface area contributed by atoms with Crippen LogP contribution < -0.4 is 5.73 Å². The van der Waals surface area contributed by atoms with Gasteiger partial charge in [-0.1, -0.05) is 13.8 Å². The van der Waals surface area contributed by atoms with Gasteiger partial charge in [0.2, 0.25) is 0 Å². The van der Waals surface area contributed by atoms with Crippen LogP contribution >= 0.6 is 0 Å². The summed E-state index contributed by atoms with van der Waals surface area (Å²) in [6.07, 6.45) is 3.75. The quantitative estimate of drug-likeness (QED) is 0.770. The molecule has 0 heterocycles. The van der Waals surface area contributed by atoms with Crippen molar-refractivity contribution >= 4 is 0 Å². The van der Waals surface area contributed by atoms with Crippen molar-refractivity contribution in [2.75, 3.05) is 34.2 Å². The zero-order chi connectivity index (χ0) is 12.3. The Morgan fingerprint density at radius 2 is 1.81 bits per heavy atom. The van der Waals surface area contributed by atoms with Crippen LogP contribution in [0.3, 0.4) is 0 Å². The lowest BCUT2D eigenvalue weighted by Gasteiger charge is -2.32. The number of hydrogen-bond donors (Lipinski definition) is 1. The first-order valence-corrected chi connectivity index (χ1v) is 6.45. The highest BCUT2D eigenvalue weighted by Crippen LogP contribution is 2.38. The van der Waals surface area contributed by atoms with Gasteiger partial charge >= 0.3 is 0 Å². The molecule has 3 heteroatoms. The highest BCUT2D eigenvalue weighted by Gasteiger charge is 2.40. The van der Waals surface area contributed by atoms with Gasteiger partial charge in [-0.05, 0) is 58.9 Å². The van der Waals surface area contributed by atoms with Gasteiger partial charge in [0, 0.05) is 12.1 Å². The fourth-order valence-electron chi connectivity index (χ4n) is 2.68. The molecule has 0 aromatic heterocycles. The molecule has 1 rings (SSSR count). The van der Waals surface area contributed by atoms with E-state index in [0.717, 1.165) is 13.1 Å². The Labute approximate surface area is 101 Å². The Balaban J connectivity index is 2.35. The van der Waals surface area contributed by atoms with Crippen molar-refractivity contribution in [1.82, 2.24) is 9.80 Å². The van der Waals surface area contributed by atoms with Crippen LogP contribution in [0.25, 0.3) is 0 Å². The minimum Gasteiger partial charge on any atom is -0.326 e. The van der Waals surface area contributed by atoms with Gasteiger partial charge in [0.1, 0.15) is 0 Å². The second kappa shape index (κ2) is 5.48. The maximum absolute atomic E-state index is 6.34. The summed E-state index contributed by atoms with van der Waals surface area (Å²) in [4.78, 5) is 4.70. The van der Waals surface area contributed by atoms with E-state index in [1.807, 2.05) is 0 Å². The molecule has 0 radical (unpaired) electrons. The average Bonchev–Trinajstić information content (AvgIpc) is 2.41. The average molecular weight is 227 g/mol. The monoisotopic (exact) mass is 227 g/mol. The lowest BCUT2D eigenvalue weighted by atomic mass is 9.87. The van der Waals surface area contributed by atoms with E-state index < -0.39 is 0 Å². The lowest BCUT2D eigenvalue weighted by molar-refractivity contribution is 0.191. The summed E-state index contributed by atoms with van der Waals surface area (Å²) in [6, 6.07) is 0.911. The predicted molar refractivity (Wildman–Crippen MR) is 70.6 cm³/mol. The summed E-state index contributed by atoms with van der Waals surface area (Å²) in [5.41, 5.74) is 6.66. The van der Waals surface area contributed by atoms with Crippen LogP contribution in [0.1, 0.15) is 33.1 Å². The summed E-state index contributed by atoms with van der Waals surface area (Å²) >= 11 is 0. The minimum absolute atomic E-state index is 0.320. The molecule has 3 nitrogen and oxygen atoms in total. The van der Waals surface area contributed by atoms with E-state index in [1.54, 1.807) is 0 Å². The molecule has 0 spiro atoms. The second-order valence-electron chi connectivity index (χ2n) is 6.26. The molecular weight excluding hydrogens is 198 g/mol. The maximum Gasteiger partial charge on any atom is 0.0249 e. The molecule has 1 saturated carbocycles. The van der Waals surface area contributed by atoms with Crippen molar-refractivity contribution in [2.24, 2.45) is 11.1 Å². The number of nitrogens with zero attached hydrogens (tertiary/aromatic N) is 2. The van der Waals surface area contributed by atoms with Gasteiger partial charge in [0.25, 0.3) is 0 Å². The Hall–Kier alpha value is -0.120. The van der Waals surface area contributed by atoms with Crippen LogP contribution in [0.2, 0.25) is 0 Å². The van der Waals surface area contributed by atoms with Crippen molar-refractivity contribution in [2.45, 2.75) is 45.2 Å². The SMILES string of the molecule is CN(C)CCCN(C)C1CCC(C)(C)C1N. The summed E-state index contributed by atoms with van der Waals surface area (Å²) in [6.45, 7) is 6.92. The number of nitrogens with two attached hydrogens (primary N) is 1. The van der Waals surface area contributed by atoms with Crippen molar-refractivity contribution in [3.8, 4) is 0 Å². The molecule has 0 saturated heterocycles. The van der Waals surface area contributed by atoms with Gasteiger partial charge < -0.3 is 15.5 Å². The van der Waals surface area contributed by atoms with Crippen LogP contribution in [0.4, 0.5) is 0 Å². The van der Waals surface area contributed by atoms with Crippen LogP contribution in [-0.4, -0.2) is 56.1 Å². The predicted octanol–water partition coefficient (Wildman–Crippen LogP) is 1.39. The maximum atomic E-state index is 6.34. The van der Waals surface area contributed by atoms with E-state index in [9.17, 15) is 0 Å². The van der Waals surface area contributed by atoms with Crippen molar-refractivity contribution in [3.63, 3.8) is 0 Å². The zero-order valence-electron chi connectivity index (χ0n) is 11.7. The first kappa shape index (κ1) is 13.9. The Kier molecular flexibility index (Phi) is 4.77. The van der Waals surface area contributed by atoms with Crippen LogP contribution in [0, 0.1) is 5.41 Å². The number of rotatable bonds is 5. The molecule has 2 unspecified atom stereocenters. The highest BCUT2D eigenvalue weighted by atomic mass is 15.2. The van der Waals surface area contributed by atoms with Gasteiger partial charge in [-0.3, -0.25) is 0 Å². The van der Waals surface area contributed by atoms with Crippen molar-refractivity contribution < 1.29 is 0 Å². The fourth-order valence-corrected chi connectivity index (χ4v) is 2.68.